The maximum Gasteiger partial charge on any atom is 0.305 e. The number of carbonyl (C=O) groups excluding carboxylic acids is 1. The molecular formula is C14H19NO3. The van der Waals surface area contributed by atoms with Crippen LogP contribution in [-0.4, -0.2) is 34.9 Å². The summed E-state index contributed by atoms with van der Waals surface area (Å²) in [5.74, 6) is -1.75. The van der Waals surface area contributed by atoms with Crippen LogP contribution in [0.5, 0.6) is 0 Å². The van der Waals surface area contributed by atoms with Gasteiger partial charge in [-0.25, -0.2) is 0 Å². The van der Waals surface area contributed by atoms with E-state index in [9.17, 15) is 9.90 Å². The lowest BCUT2D eigenvalue weighted by atomic mass is 10.0. The third-order valence-electron chi connectivity index (χ3n) is 3.10. The molecule has 0 bridgehead atoms. The number of likely N-dealkylation sites (tertiary alicyclic amines) is 1. The zero-order valence-corrected chi connectivity index (χ0v) is 10.6. The van der Waals surface area contributed by atoms with Crippen LogP contribution in [0.25, 0.3) is 0 Å². The molecule has 4 heteroatoms. The molecule has 1 aromatic carbocycles. The number of aliphatic hydroxyl groups is 1. The lowest BCUT2D eigenvalue weighted by Gasteiger charge is -2.38. The minimum absolute atomic E-state index is 0.376. The van der Waals surface area contributed by atoms with E-state index in [2.05, 4.69) is 17.0 Å². The van der Waals surface area contributed by atoms with E-state index < -0.39 is 11.8 Å². The van der Waals surface area contributed by atoms with Crippen LogP contribution in [0, 0.1) is 0 Å². The van der Waals surface area contributed by atoms with Crippen molar-refractivity contribution in [2.45, 2.75) is 32.1 Å². The normalized spacial score (nSPS) is 24.8. The van der Waals surface area contributed by atoms with Crippen molar-refractivity contribution < 1.29 is 14.6 Å². The highest BCUT2D eigenvalue weighted by molar-refractivity contribution is 5.66. The molecule has 1 atom stereocenters. The molecule has 1 unspecified atom stereocenters. The summed E-state index contributed by atoms with van der Waals surface area (Å²) in [7, 11) is 0. The van der Waals surface area contributed by atoms with E-state index in [0.717, 1.165) is 19.5 Å². The number of carbonyl (C=O) groups is 1. The Morgan fingerprint density at radius 2 is 2.17 bits per heavy atom. The molecule has 1 aromatic rings. The zero-order chi connectivity index (χ0) is 13.0. The van der Waals surface area contributed by atoms with Crippen molar-refractivity contribution in [1.82, 2.24) is 4.90 Å². The van der Waals surface area contributed by atoms with Crippen LogP contribution in [0.1, 0.15) is 25.3 Å². The predicted molar refractivity (Wildman–Crippen MR) is 67.7 cm³/mol. The summed E-state index contributed by atoms with van der Waals surface area (Å²) in [5.41, 5.74) is 1.20. The fourth-order valence-corrected chi connectivity index (χ4v) is 2.41. The Morgan fingerprint density at radius 3 is 2.83 bits per heavy atom. The number of esters is 1. The maximum absolute atomic E-state index is 11.0. The largest absolute Gasteiger partial charge is 0.432 e. The van der Waals surface area contributed by atoms with E-state index in [1.54, 1.807) is 0 Å². The van der Waals surface area contributed by atoms with Crippen molar-refractivity contribution in [3.63, 3.8) is 0 Å². The molecule has 1 fully saturated rings. The summed E-state index contributed by atoms with van der Waals surface area (Å²) >= 11 is 0. The highest BCUT2D eigenvalue weighted by Crippen LogP contribution is 2.23. The maximum atomic E-state index is 11.0. The van der Waals surface area contributed by atoms with Gasteiger partial charge in [0, 0.05) is 19.9 Å². The van der Waals surface area contributed by atoms with Crippen molar-refractivity contribution in [2.75, 3.05) is 13.1 Å². The molecule has 98 valence electrons. The van der Waals surface area contributed by atoms with Gasteiger partial charge in [0.25, 0.3) is 0 Å². The molecule has 1 aliphatic heterocycles. The van der Waals surface area contributed by atoms with Crippen molar-refractivity contribution in [3.8, 4) is 0 Å². The van der Waals surface area contributed by atoms with Gasteiger partial charge in [0.1, 0.15) is 0 Å². The average Bonchev–Trinajstić information content (AvgIpc) is 2.28. The molecule has 4 nitrogen and oxygen atoms in total. The van der Waals surface area contributed by atoms with Gasteiger partial charge in [-0.15, -0.1) is 0 Å². The highest BCUT2D eigenvalue weighted by atomic mass is 16.7. The summed E-state index contributed by atoms with van der Waals surface area (Å²) in [6.07, 6.45) is 1.34. The number of ether oxygens (including phenoxy) is 1. The zero-order valence-electron chi connectivity index (χ0n) is 10.6. The SMILES string of the molecule is CC(=O)OC1(O)CCCN(Cc2ccccc2)C1. The number of β-amino-alcohol motifs (C(OH)–C–C–N with tert-alkyl or cyclic N) is 1. The molecule has 1 N–H and O–H groups in total. The minimum atomic E-state index is -1.32. The lowest BCUT2D eigenvalue weighted by molar-refractivity contribution is -0.225. The topological polar surface area (TPSA) is 49.8 Å². The Balaban J connectivity index is 1.96. The quantitative estimate of drug-likeness (QED) is 0.652. The molecule has 0 radical (unpaired) electrons. The van der Waals surface area contributed by atoms with E-state index in [0.29, 0.717) is 13.0 Å². The molecule has 1 aliphatic rings. The number of piperidine rings is 1. The highest BCUT2D eigenvalue weighted by Gasteiger charge is 2.36. The first kappa shape index (κ1) is 13.1. The van der Waals surface area contributed by atoms with Crippen LogP contribution >= 0.6 is 0 Å². The van der Waals surface area contributed by atoms with Gasteiger partial charge in [-0.05, 0) is 18.5 Å². The molecule has 0 aromatic heterocycles. The molecular weight excluding hydrogens is 230 g/mol. The van der Waals surface area contributed by atoms with E-state index in [4.69, 9.17) is 4.74 Å². The Hall–Kier alpha value is -1.39. The molecule has 0 amide bonds. The second-order valence-electron chi connectivity index (χ2n) is 4.84. The number of benzene rings is 1. The number of rotatable bonds is 3. The van der Waals surface area contributed by atoms with Gasteiger partial charge >= 0.3 is 5.97 Å². The second-order valence-corrected chi connectivity index (χ2v) is 4.84. The Kier molecular flexibility index (Phi) is 3.99. The van der Waals surface area contributed by atoms with Crippen molar-refractivity contribution in [2.24, 2.45) is 0 Å². The van der Waals surface area contributed by atoms with Crippen molar-refractivity contribution in [1.29, 1.82) is 0 Å². The summed E-state index contributed by atoms with van der Waals surface area (Å²) in [4.78, 5) is 13.1. The average molecular weight is 249 g/mol. The van der Waals surface area contributed by atoms with Crippen LogP contribution < -0.4 is 0 Å². The van der Waals surface area contributed by atoms with Gasteiger partial charge in [0.15, 0.2) is 0 Å². The van der Waals surface area contributed by atoms with Crippen LogP contribution in [-0.2, 0) is 16.1 Å². The minimum Gasteiger partial charge on any atom is -0.432 e. The fraction of sp³-hybridized carbons (Fsp3) is 0.500. The van der Waals surface area contributed by atoms with Gasteiger partial charge in [-0.2, -0.15) is 0 Å². The van der Waals surface area contributed by atoms with E-state index in [1.807, 2.05) is 18.2 Å². The fourth-order valence-electron chi connectivity index (χ4n) is 2.41. The first-order valence-corrected chi connectivity index (χ1v) is 6.26. The van der Waals surface area contributed by atoms with Crippen LogP contribution in [0.4, 0.5) is 0 Å². The van der Waals surface area contributed by atoms with Crippen LogP contribution in [0.3, 0.4) is 0 Å². The van der Waals surface area contributed by atoms with Crippen molar-refractivity contribution in [3.05, 3.63) is 35.9 Å². The van der Waals surface area contributed by atoms with Crippen LogP contribution in [0.2, 0.25) is 0 Å². The third-order valence-corrected chi connectivity index (χ3v) is 3.10. The predicted octanol–water partition coefficient (Wildman–Crippen LogP) is 1.53. The second kappa shape index (κ2) is 5.50. The van der Waals surface area contributed by atoms with Gasteiger partial charge in [0.2, 0.25) is 5.79 Å². The van der Waals surface area contributed by atoms with Gasteiger partial charge < -0.3 is 9.84 Å². The molecule has 0 saturated carbocycles. The Bertz CT molecular complexity index is 407. The Labute approximate surface area is 107 Å². The number of hydrogen-bond acceptors (Lipinski definition) is 4. The molecule has 0 spiro atoms. The standard InChI is InChI=1S/C14H19NO3/c1-12(16)18-14(17)8-5-9-15(11-14)10-13-6-3-2-4-7-13/h2-4,6-7,17H,5,8-11H2,1H3. The van der Waals surface area contributed by atoms with Crippen molar-refractivity contribution >= 4 is 5.97 Å². The number of nitrogens with zero attached hydrogens (tertiary/aromatic N) is 1. The van der Waals surface area contributed by atoms with Crippen LogP contribution in [0.15, 0.2) is 30.3 Å². The molecule has 18 heavy (non-hydrogen) atoms. The van der Waals surface area contributed by atoms with Gasteiger partial charge in [0.05, 0.1) is 6.54 Å². The Morgan fingerprint density at radius 1 is 1.44 bits per heavy atom. The van der Waals surface area contributed by atoms with Gasteiger partial charge in [-0.3, -0.25) is 9.69 Å². The summed E-state index contributed by atoms with van der Waals surface area (Å²) < 4.78 is 5.02. The molecule has 2 rings (SSSR count). The van der Waals surface area contributed by atoms with E-state index >= 15 is 0 Å². The first-order chi connectivity index (χ1) is 8.57. The van der Waals surface area contributed by atoms with Gasteiger partial charge in [-0.1, -0.05) is 30.3 Å². The molecule has 1 heterocycles. The lowest BCUT2D eigenvalue weighted by Crippen LogP contribution is -2.50. The summed E-state index contributed by atoms with van der Waals surface area (Å²) in [6, 6.07) is 10.1. The first-order valence-electron chi connectivity index (χ1n) is 6.26. The third kappa shape index (κ3) is 3.55. The van der Waals surface area contributed by atoms with E-state index in [-0.39, 0.29) is 0 Å². The van der Waals surface area contributed by atoms with E-state index in [1.165, 1.54) is 12.5 Å². The summed E-state index contributed by atoms with van der Waals surface area (Å²) in [6.45, 7) is 3.39. The monoisotopic (exact) mass is 249 g/mol. The smallest absolute Gasteiger partial charge is 0.305 e. The number of hydrogen-bond donors (Lipinski definition) is 1. The molecule has 1 saturated heterocycles. The summed E-state index contributed by atoms with van der Waals surface area (Å²) in [5, 5.41) is 10.2. The molecule has 0 aliphatic carbocycles.